The first-order valence-corrected chi connectivity index (χ1v) is 9.53. The number of aromatic nitrogens is 3. The molecular formula is C21H26N6O3. The second-order valence-electron chi connectivity index (χ2n) is 7.08. The van der Waals surface area contributed by atoms with E-state index in [2.05, 4.69) is 20.7 Å². The van der Waals surface area contributed by atoms with Gasteiger partial charge in [-0.25, -0.2) is 14.5 Å². The molecule has 158 valence electrons. The van der Waals surface area contributed by atoms with Crippen LogP contribution in [0.3, 0.4) is 0 Å². The van der Waals surface area contributed by atoms with Gasteiger partial charge in [-0.3, -0.25) is 0 Å². The number of benzene rings is 2. The molecule has 0 aliphatic heterocycles. The largest absolute Gasteiger partial charge is 0.491 e. The van der Waals surface area contributed by atoms with Gasteiger partial charge in [-0.1, -0.05) is 18.2 Å². The molecule has 2 aromatic carbocycles. The van der Waals surface area contributed by atoms with E-state index < -0.39 is 6.10 Å². The zero-order valence-electron chi connectivity index (χ0n) is 17.0. The molecule has 0 aliphatic rings. The molecule has 0 fully saturated rings. The van der Waals surface area contributed by atoms with E-state index in [1.807, 2.05) is 43.3 Å². The Morgan fingerprint density at radius 1 is 1.17 bits per heavy atom. The van der Waals surface area contributed by atoms with Crippen molar-refractivity contribution in [1.82, 2.24) is 19.7 Å². The maximum Gasteiger partial charge on any atom is 0.323 e. The Kier molecular flexibility index (Phi) is 7.36. The molecule has 1 heterocycles. The van der Waals surface area contributed by atoms with Crippen molar-refractivity contribution >= 4 is 17.4 Å². The van der Waals surface area contributed by atoms with Gasteiger partial charge in [0.25, 0.3) is 0 Å². The molecule has 30 heavy (non-hydrogen) atoms. The molecule has 9 nitrogen and oxygen atoms in total. The third kappa shape index (κ3) is 6.57. The number of amides is 2. The fourth-order valence-corrected chi connectivity index (χ4v) is 2.85. The smallest absolute Gasteiger partial charge is 0.323 e. The number of hydrogen-bond acceptors (Lipinski definition) is 6. The molecule has 3 rings (SSSR count). The predicted octanol–water partition coefficient (Wildman–Crippen LogP) is 2.27. The Labute approximate surface area is 175 Å². The van der Waals surface area contributed by atoms with Crippen molar-refractivity contribution in [2.24, 2.45) is 0 Å². The van der Waals surface area contributed by atoms with Crippen LogP contribution in [0, 0.1) is 0 Å². The van der Waals surface area contributed by atoms with E-state index in [4.69, 9.17) is 4.74 Å². The van der Waals surface area contributed by atoms with E-state index in [1.54, 1.807) is 35.3 Å². The minimum absolute atomic E-state index is 0.202. The van der Waals surface area contributed by atoms with Crippen LogP contribution in [-0.4, -0.2) is 64.2 Å². The summed E-state index contributed by atoms with van der Waals surface area (Å²) in [6, 6.07) is 14.2. The fraction of sp³-hybridized carbons (Fsp3) is 0.286. The molecule has 1 unspecified atom stereocenters. The summed E-state index contributed by atoms with van der Waals surface area (Å²) in [7, 11) is 3.78. The third-order valence-corrected chi connectivity index (χ3v) is 4.19. The van der Waals surface area contributed by atoms with E-state index in [0.29, 0.717) is 30.2 Å². The topological polar surface area (TPSA) is 105 Å². The van der Waals surface area contributed by atoms with Crippen LogP contribution in [0.2, 0.25) is 0 Å². The van der Waals surface area contributed by atoms with Crippen LogP contribution in [0.1, 0.15) is 5.56 Å². The van der Waals surface area contributed by atoms with Gasteiger partial charge in [0.1, 0.15) is 31.1 Å². The Bertz CT molecular complexity index is 928. The molecule has 0 saturated heterocycles. The van der Waals surface area contributed by atoms with Crippen molar-refractivity contribution in [3.8, 4) is 5.75 Å². The number of ether oxygens (including phenoxy) is 1. The van der Waals surface area contributed by atoms with Gasteiger partial charge < -0.3 is 25.4 Å². The lowest BCUT2D eigenvalue weighted by atomic mass is 10.2. The summed E-state index contributed by atoms with van der Waals surface area (Å²) in [5.74, 6) is 0.622. The summed E-state index contributed by atoms with van der Waals surface area (Å²) in [5.41, 5.74) is 2.24. The van der Waals surface area contributed by atoms with Gasteiger partial charge in [0.2, 0.25) is 0 Å². The van der Waals surface area contributed by atoms with Crippen molar-refractivity contribution in [3.05, 3.63) is 66.7 Å². The highest BCUT2D eigenvalue weighted by atomic mass is 16.5. The van der Waals surface area contributed by atoms with Crippen molar-refractivity contribution in [1.29, 1.82) is 0 Å². The number of urea groups is 1. The first-order chi connectivity index (χ1) is 14.5. The standard InChI is InChI=1S/C21H26N6O3/c1-26(2)12-18(28)13-30-19-9-7-17(8-10-19)24-21(29)25-20-6-4-3-5-16(20)11-27-15-22-14-23-27/h3-10,14-15,18,28H,11-13H2,1-2H3,(H2,24,25,29). The number of nitrogens with zero attached hydrogens (tertiary/aromatic N) is 4. The van der Waals surface area contributed by atoms with Crippen LogP contribution in [0.25, 0.3) is 0 Å². The van der Waals surface area contributed by atoms with Crippen LogP contribution >= 0.6 is 0 Å². The van der Waals surface area contributed by atoms with Crippen LogP contribution in [-0.2, 0) is 6.54 Å². The molecule has 3 N–H and O–H groups in total. The van der Waals surface area contributed by atoms with Crippen molar-refractivity contribution in [2.75, 3.05) is 37.9 Å². The number of para-hydroxylation sites is 1. The summed E-state index contributed by atoms with van der Waals surface area (Å²) in [6.07, 6.45) is 2.53. The zero-order valence-corrected chi connectivity index (χ0v) is 17.0. The third-order valence-electron chi connectivity index (χ3n) is 4.19. The summed E-state index contributed by atoms with van der Waals surface area (Å²) in [4.78, 5) is 18.2. The number of aliphatic hydroxyl groups excluding tert-OH is 1. The van der Waals surface area contributed by atoms with Gasteiger partial charge in [-0.15, -0.1) is 0 Å². The number of anilines is 2. The van der Waals surface area contributed by atoms with Crippen LogP contribution in [0.5, 0.6) is 5.75 Å². The fourth-order valence-electron chi connectivity index (χ4n) is 2.85. The predicted molar refractivity (Wildman–Crippen MR) is 115 cm³/mol. The van der Waals surface area contributed by atoms with Crippen molar-refractivity contribution < 1.29 is 14.6 Å². The molecule has 0 saturated carbocycles. The Hall–Kier alpha value is -3.43. The molecule has 0 bridgehead atoms. The highest BCUT2D eigenvalue weighted by Crippen LogP contribution is 2.18. The maximum absolute atomic E-state index is 12.4. The van der Waals surface area contributed by atoms with Gasteiger partial charge in [0, 0.05) is 17.9 Å². The zero-order chi connectivity index (χ0) is 21.3. The minimum Gasteiger partial charge on any atom is -0.491 e. The molecule has 1 atom stereocenters. The van der Waals surface area contributed by atoms with E-state index in [9.17, 15) is 9.90 Å². The first kappa shape index (κ1) is 21.3. The lowest BCUT2D eigenvalue weighted by Gasteiger charge is -2.16. The molecule has 9 heteroatoms. The number of likely N-dealkylation sites (N-methyl/N-ethyl adjacent to an activating group) is 1. The summed E-state index contributed by atoms with van der Waals surface area (Å²) in [5, 5.41) is 19.6. The Balaban J connectivity index is 1.53. The van der Waals surface area contributed by atoms with Crippen LogP contribution in [0.4, 0.5) is 16.2 Å². The average molecular weight is 410 g/mol. The average Bonchev–Trinajstić information content (AvgIpc) is 3.21. The second-order valence-corrected chi connectivity index (χ2v) is 7.08. The molecule has 0 radical (unpaired) electrons. The summed E-state index contributed by atoms with van der Waals surface area (Å²) >= 11 is 0. The minimum atomic E-state index is -0.568. The molecule has 0 spiro atoms. The van der Waals surface area contributed by atoms with Gasteiger partial charge >= 0.3 is 6.03 Å². The monoisotopic (exact) mass is 410 g/mol. The number of hydrogen-bond donors (Lipinski definition) is 3. The highest BCUT2D eigenvalue weighted by molar-refractivity contribution is 6.00. The van der Waals surface area contributed by atoms with Gasteiger partial charge in [0.15, 0.2) is 0 Å². The molecule has 0 aliphatic carbocycles. The number of aliphatic hydroxyl groups is 1. The van der Waals surface area contributed by atoms with Crippen LogP contribution < -0.4 is 15.4 Å². The molecular weight excluding hydrogens is 384 g/mol. The maximum atomic E-state index is 12.4. The van der Waals surface area contributed by atoms with E-state index in [-0.39, 0.29) is 12.6 Å². The summed E-state index contributed by atoms with van der Waals surface area (Å²) < 4.78 is 7.26. The van der Waals surface area contributed by atoms with Crippen LogP contribution in [0.15, 0.2) is 61.2 Å². The van der Waals surface area contributed by atoms with E-state index in [1.165, 1.54) is 6.33 Å². The molecule has 3 aromatic rings. The lowest BCUT2D eigenvalue weighted by molar-refractivity contribution is 0.0831. The SMILES string of the molecule is CN(C)CC(O)COc1ccc(NC(=O)Nc2ccccc2Cn2cncn2)cc1. The summed E-state index contributed by atoms with van der Waals surface area (Å²) in [6.45, 7) is 1.23. The highest BCUT2D eigenvalue weighted by Gasteiger charge is 2.09. The normalized spacial score (nSPS) is 11.9. The van der Waals surface area contributed by atoms with Gasteiger partial charge in [-0.05, 0) is 50.0 Å². The Morgan fingerprint density at radius 2 is 1.93 bits per heavy atom. The van der Waals surface area contributed by atoms with Crippen molar-refractivity contribution in [2.45, 2.75) is 12.6 Å². The second kappa shape index (κ2) is 10.4. The van der Waals surface area contributed by atoms with Crippen molar-refractivity contribution in [3.63, 3.8) is 0 Å². The van der Waals surface area contributed by atoms with Gasteiger partial charge in [0.05, 0.1) is 6.54 Å². The Morgan fingerprint density at radius 3 is 2.63 bits per heavy atom. The number of carbonyl (C=O) groups excluding carboxylic acids is 1. The first-order valence-electron chi connectivity index (χ1n) is 9.53. The van der Waals surface area contributed by atoms with E-state index in [0.717, 1.165) is 5.56 Å². The van der Waals surface area contributed by atoms with Gasteiger partial charge in [-0.2, -0.15) is 5.10 Å². The lowest BCUT2D eigenvalue weighted by Crippen LogP contribution is -2.30. The molecule has 1 aromatic heterocycles. The number of rotatable bonds is 9. The van der Waals surface area contributed by atoms with E-state index >= 15 is 0 Å². The molecule has 2 amide bonds. The number of carbonyl (C=O) groups is 1. The quantitative estimate of drug-likeness (QED) is 0.500. The number of nitrogens with one attached hydrogen (secondary N) is 2.